The predicted molar refractivity (Wildman–Crippen MR) is 62.9 cm³/mol. The molecule has 1 fully saturated rings. The van der Waals surface area contributed by atoms with Gasteiger partial charge >= 0.3 is 0 Å². The molecular weight excluding hydrogens is 204 g/mol. The Morgan fingerprint density at radius 2 is 2.00 bits per heavy atom. The molecule has 92 valence electrons. The molecular formula is C12H22N2O2. The first-order chi connectivity index (χ1) is 7.42. The van der Waals surface area contributed by atoms with Crippen molar-refractivity contribution in [3.8, 4) is 0 Å². The monoisotopic (exact) mass is 226 g/mol. The molecule has 1 unspecified atom stereocenters. The molecule has 1 aliphatic heterocycles. The van der Waals surface area contributed by atoms with Crippen molar-refractivity contribution < 1.29 is 9.59 Å². The molecule has 0 aromatic carbocycles. The van der Waals surface area contributed by atoms with Crippen molar-refractivity contribution in [2.75, 3.05) is 6.54 Å². The van der Waals surface area contributed by atoms with Crippen LogP contribution in [0.4, 0.5) is 0 Å². The highest BCUT2D eigenvalue weighted by Crippen LogP contribution is 2.19. The van der Waals surface area contributed by atoms with Crippen LogP contribution in [0.15, 0.2) is 0 Å². The van der Waals surface area contributed by atoms with Crippen molar-refractivity contribution >= 4 is 11.8 Å². The van der Waals surface area contributed by atoms with Crippen molar-refractivity contribution in [1.82, 2.24) is 10.2 Å². The average Bonchev–Trinajstić information content (AvgIpc) is 2.19. The lowest BCUT2D eigenvalue weighted by Gasteiger charge is -2.41. The number of carbonyl (C=O) groups is 2. The predicted octanol–water partition coefficient (Wildman–Crippen LogP) is 1.30. The number of hydrogen-bond acceptors (Lipinski definition) is 2. The Morgan fingerprint density at radius 3 is 2.50 bits per heavy atom. The first-order valence-electron chi connectivity index (χ1n) is 6.04. The van der Waals surface area contributed by atoms with Crippen LogP contribution in [0.1, 0.15) is 47.0 Å². The zero-order chi connectivity index (χ0) is 12.3. The zero-order valence-electron chi connectivity index (χ0n) is 10.7. The molecule has 0 saturated carbocycles. The summed E-state index contributed by atoms with van der Waals surface area (Å²) in [5, 5.41) is 2.73. The van der Waals surface area contributed by atoms with Gasteiger partial charge in [-0.05, 0) is 26.7 Å². The quantitative estimate of drug-likeness (QED) is 0.785. The third-order valence-corrected chi connectivity index (χ3v) is 3.10. The summed E-state index contributed by atoms with van der Waals surface area (Å²) in [5.41, 5.74) is -0.753. The number of rotatable bonds is 4. The number of nitrogens with one attached hydrogen (secondary N) is 1. The van der Waals surface area contributed by atoms with Gasteiger partial charge in [-0.1, -0.05) is 20.3 Å². The number of hydrogen-bond donors (Lipinski definition) is 1. The Labute approximate surface area is 97.4 Å². The van der Waals surface area contributed by atoms with Gasteiger partial charge in [0.1, 0.15) is 5.54 Å². The van der Waals surface area contributed by atoms with Gasteiger partial charge < -0.3 is 10.2 Å². The minimum absolute atomic E-state index is 0.0346. The molecule has 1 heterocycles. The minimum Gasteiger partial charge on any atom is -0.341 e. The van der Waals surface area contributed by atoms with Gasteiger partial charge in [0.05, 0.1) is 6.54 Å². The molecule has 1 rings (SSSR count). The van der Waals surface area contributed by atoms with E-state index >= 15 is 0 Å². The fourth-order valence-electron chi connectivity index (χ4n) is 2.24. The second kappa shape index (κ2) is 4.85. The molecule has 1 atom stereocenters. The molecule has 4 nitrogen and oxygen atoms in total. The van der Waals surface area contributed by atoms with Gasteiger partial charge in [-0.25, -0.2) is 0 Å². The van der Waals surface area contributed by atoms with Gasteiger partial charge in [-0.2, -0.15) is 0 Å². The van der Waals surface area contributed by atoms with Crippen molar-refractivity contribution in [3.05, 3.63) is 0 Å². The van der Waals surface area contributed by atoms with Crippen LogP contribution in [0.3, 0.4) is 0 Å². The highest BCUT2D eigenvalue weighted by Gasteiger charge is 2.41. The maximum absolute atomic E-state index is 12.2. The topological polar surface area (TPSA) is 49.4 Å². The van der Waals surface area contributed by atoms with E-state index in [0.29, 0.717) is 0 Å². The molecule has 0 bridgehead atoms. The number of carbonyl (C=O) groups excluding carboxylic acids is 2. The third kappa shape index (κ3) is 2.54. The van der Waals surface area contributed by atoms with Gasteiger partial charge in [-0.15, -0.1) is 0 Å². The van der Waals surface area contributed by atoms with E-state index in [1.165, 1.54) is 0 Å². The summed E-state index contributed by atoms with van der Waals surface area (Å²) in [4.78, 5) is 25.5. The van der Waals surface area contributed by atoms with Crippen LogP contribution in [0, 0.1) is 0 Å². The molecule has 1 aliphatic rings. The van der Waals surface area contributed by atoms with Crippen molar-refractivity contribution in [1.29, 1.82) is 0 Å². The van der Waals surface area contributed by atoms with Gasteiger partial charge in [0.15, 0.2) is 0 Å². The molecule has 16 heavy (non-hydrogen) atoms. The zero-order valence-corrected chi connectivity index (χ0v) is 10.7. The summed E-state index contributed by atoms with van der Waals surface area (Å²) in [6.07, 6.45) is 2.90. The molecule has 0 radical (unpaired) electrons. The Morgan fingerprint density at radius 1 is 1.38 bits per heavy atom. The Kier molecular flexibility index (Phi) is 3.94. The normalized spacial score (nSPS) is 21.9. The van der Waals surface area contributed by atoms with E-state index in [-0.39, 0.29) is 24.4 Å². The van der Waals surface area contributed by atoms with E-state index < -0.39 is 5.54 Å². The van der Waals surface area contributed by atoms with Crippen molar-refractivity contribution in [3.63, 3.8) is 0 Å². The van der Waals surface area contributed by atoms with E-state index in [1.54, 1.807) is 18.7 Å². The molecule has 0 aromatic heterocycles. The Balaban J connectivity index is 2.85. The lowest BCUT2D eigenvalue weighted by molar-refractivity contribution is -0.151. The number of piperazine rings is 1. The minimum atomic E-state index is -0.753. The van der Waals surface area contributed by atoms with Crippen LogP contribution < -0.4 is 5.32 Å². The summed E-state index contributed by atoms with van der Waals surface area (Å²) in [6, 6.07) is 0.197. The van der Waals surface area contributed by atoms with E-state index in [9.17, 15) is 9.59 Å². The fraction of sp³-hybridized carbons (Fsp3) is 0.833. The van der Waals surface area contributed by atoms with Crippen LogP contribution in [0.2, 0.25) is 0 Å². The van der Waals surface area contributed by atoms with Gasteiger partial charge in [0.2, 0.25) is 11.8 Å². The van der Waals surface area contributed by atoms with Crippen LogP contribution in [0.25, 0.3) is 0 Å². The second-order valence-electron chi connectivity index (χ2n) is 4.96. The highest BCUT2D eigenvalue weighted by atomic mass is 16.2. The standard InChI is InChI=1S/C12H22N2O2/c1-5-7-9(6-2)14-8-10(15)13-12(3,4)11(14)16/h9H,5-8H2,1-4H3,(H,13,15). The smallest absolute Gasteiger partial charge is 0.248 e. The molecule has 0 aromatic rings. The molecule has 0 spiro atoms. The van der Waals surface area contributed by atoms with Crippen LogP contribution >= 0.6 is 0 Å². The Bertz CT molecular complexity index is 287. The van der Waals surface area contributed by atoms with Crippen LogP contribution in [-0.2, 0) is 9.59 Å². The third-order valence-electron chi connectivity index (χ3n) is 3.10. The van der Waals surface area contributed by atoms with Gasteiger partial charge in [-0.3, -0.25) is 9.59 Å². The van der Waals surface area contributed by atoms with Crippen LogP contribution in [0.5, 0.6) is 0 Å². The van der Waals surface area contributed by atoms with E-state index in [1.807, 2.05) is 0 Å². The Hall–Kier alpha value is -1.06. The summed E-state index contributed by atoms with van der Waals surface area (Å²) >= 11 is 0. The van der Waals surface area contributed by atoms with Crippen LogP contribution in [-0.4, -0.2) is 34.8 Å². The summed E-state index contributed by atoms with van der Waals surface area (Å²) in [7, 11) is 0. The molecule has 1 saturated heterocycles. The first-order valence-corrected chi connectivity index (χ1v) is 6.04. The average molecular weight is 226 g/mol. The molecule has 0 aliphatic carbocycles. The second-order valence-corrected chi connectivity index (χ2v) is 4.96. The largest absolute Gasteiger partial charge is 0.341 e. The van der Waals surface area contributed by atoms with Gasteiger partial charge in [0.25, 0.3) is 0 Å². The lowest BCUT2D eigenvalue weighted by atomic mass is 9.97. The first kappa shape index (κ1) is 13.0. The molecule has 2 amide bonds. The van der Waals surface area contributed by atoms with Crippen molar-refractivity contribution in [2.24, 2.45) is 0 Å². The number of amides is 2. The maximum atomic E-state index is 12.2. The van der Waals surface area contributed by atoms with E-state index in [0.717, 1.165) is 19.3 Å². The van der Waals surface area contributed by atoms with Crippen molar-refractivity contribution in [2.45, 2.75) is 58.5 Å². The fourth-order valence-corrected chi connectivity index (χ4v) is 2.24. The summed E-state index contributed by atoms with van der Waals surface area (Å²) < 4.78 is 0. The summed E-state index contributed by atoms with van der Waals surface area (Å²) in [5.74, 6) is -0.0217. The van der Waals surface area contributed by atoms with E-state index in [4.69, 9.17) is 0 Å². The molecule has 4 heteroatoms. The number of nitrogens with zero attached hydrogens (tertiary/aromatic N) is 1. The summed E-state index contributed by atoms with van der Waals surface area (Å²) in [6.45, 7) is 7.90. The maximum Gasteiger partial charge on any atom is 0.248 e. The molecule has 1 N–H and O–H groups in total. The van der Waals surface area contributed by atoms with E-state index in [2.05, 4.69) is 19.2 Å². The lowest BCUT2D eigenvalue weighted by Crippen LogP contribution is -2.65. The highest BCUT2D eigenvalue weighted by molar-refractivity contribution is 5.97. The SMILES string of the molecule is CCCC(CC)N1CC(=O)NC(C)(C)C1=O. The van der Waals surface area contributed by atoms with Gasteiger partial charge in [0, 0.05) is 6.04 Å².